The molecule has 0 fully saturated rings. The molecule has 0 saturated carbocycles. The normalized spacial score (nSPS) is 11.0. The molecule has 0 unspecified atom stereocenters. The second kappa shape index (κ2) is 9.24. The van der Waals surface area contributed by atoms with Gasteiger partial charge in [0.15, 0.2) is 11.0 Å². The molecular weight excluding hydrogens is 459 g/mol. The number of benzene rings is 3. The predicted molar refractivity (Wildman–Crippen MR) is 123 cm³/mol. The zero-order chi connectivity index (χ0) is 23.5. The number of halogens is 1. The Balaban J connectivity index is 1.40. The van der Waals surface area contributed by atoms with E-state index in [9.17, 15) is 14.5 Å². The van der Waals surface area contributed by atoms with Crippen molar-refractivity contribution in [1.82, 2.24) is 25.0 Å². The maximum Gasteiger partial charge on any atom is 0.269 e. The zero-order valence-corrected chi connectivity index (χ0v) is 18.2. The molecule has 3 aromatic carbocycles. The Kier molecular flexibility index (Phi) is 5.83. The molecule has 0 amide bonds. The van der Waals surface area contributed by atoms with Gasteiger partial charge in [0, 0.05) is 28.9 Å². The van der Waals surface area contributed by atoms with Crippen LogP contribution in [0.4, 0.5) is 10.1 Å². The standard InChI is InChI=1S/C23H15FN6O3S/c24-17-8-12-18(13-9-17)29-21(15-4-2-1-3-5-15)26-28-23(29)34-14-20-25-27-22(33-20)16-6-10-19(11-7-16)30(31)32/h1-13H,14H2. The third kappa shape index (κ3) is 4.41. The van der Waals surface area contributed by atoms with E-state index in [4.69, 9.17) is 4.42 Å². The summed E-state index contributed by atoms with van der Waals surface area (Å²) in [6.07, 6.45) is 0. The van der Waals surface area contributed by atoms with Crippen LogP contribution in [0.3, 0.4) is 0 Å². The first-order valence-electron chi connectivity index (χ1n) is 10.1. The largest absolute Gasteiger partial charge is 0.420 e. The summed E-state index contributed by atoms with van der Waals surface area (Å²) in [6, 6.07) is 21.5. The third-order valence-electron chi connectivity index (χ3n) is 4.87. The summed E-state index contributed by atoms with van der Waals surface area (Å²) >= 11 is 1.34. The first kappa shape index (κ1) is 21.5. The van der Waals surface area contributed by atoms with E-state index in [0.29, 0.717) is 33.9 Å². The van der Waals surface area contributed by atoms with Gasteiger partial charge in [0.1, 0.15) is 5.82 Å². The lowest BCUT2D eigenvalue weighted by Gasteiger charge is -2.10. The number of thioether (sulfide) groups is 1. The molecule has 0 atom stereocenters. The lowest BCUT2D eigenvalue weighted by Crippen LogP contribution is -2.00. The van der Waals surface area contributed by atoms with E-state index in [0.717, 1.165) is 5.56 Å². The van der Waals surface area contributed by atoms with Crippen LogP contribution in [0.15, 0.2) is 88.4 Å². The fraction of sp³-hybridized carbons (Fsp3) is 0.0435. The summed E-state index contributed by atoms with van der Waals surface area (Å²) < 4.78 is 21.1. The van der Waals surface area contributed by atoms with Gasteiger partial charge in [-0.05, 0) is 36.4 Å². The number of hydrogen-bond donors (Lipinski definition) is 0. The Morgan fingerprint density at radius 3 is 2.32 bits per heavy atom. The maximum atomic E-state index is 13.5. The molecule has 2 aromatic heterocycles. The Labute approximate surface area is 196 Å². The van der Waals surface area contributed by atoms with Crippen LogP contribution >= 0.6 is 11.8 Å². The predicted octanol–water partition coefficient (Wildman–Crippen LogP) is 5.32. The Morgan fingerprint density at radius 2 is 1.62 bits per heavy atom. The van der Waals surface area contributed by atoms with Gasteiger partial charge in [0.2, 0.25) is 11.8 Å². The highest BCUT2D eigenvalue weighted by Crippen LogP contribution is 2.30. The first-order chi connectivity index (χ1) is 16.6. The molecule has 0 N–H and O–H groups in total. The van der Waals surface area contributed by atoms with Gasteiger partial charge in [-0.25, -0.2) is 4.39 Å². The highest BCUT2D eigenvalue weighted by atomic mass is 32.2. The number of non-ortho nitro benzene ring substituents is 1. The molecule has 0 spiro atoms. The molecule has 0 aliphatic heterocycles. The number of nitrogens with zero attached hydrogens (tertiary/aromatic N) is 6. The van der Waals surface area contributed by atoms with Crippen molar-refractivity contribution in [2.75, 3.05) is 0 Å². The molecule has 0 radical (unpaired) electrons. The highest BCUT2D eigenvalue weighted by molar-refractivity contribution is 7.98. The SMILES string of the molecule is O=[N+]([O-])c1ccc(-c2nnc(CSc3nnc(-c4ccccc4)n3-c3ccc(F)cc3)o2)cc1. The van der Waals surface area contributed by atoms with E-state index in [-0.39, 0.29) is 17.4 Å². The van der Waals surface area contributed by atoms with Crippen LogP contribution < -0.4 is 0 Å². The van der Waals surface area contributed by atoms with Crippen LogP contribution in [0.5, 0.6) is 0 Å². The number of hydrogen-bond acceptors (Lipinski definition) is 8. The molecule has 5 rings (SSSR count). The lowest BCUT2D eigenvalue weighted by atomic mass is 10.2. The minimum Gasteiger partial charge on any atom is -0.420 e. The molecule has 0 aliphatic rings. The van der Waals surface area contributed by atoms with Crippen molar-refractivity contribution in [3.05, 3.63) is 101 Å². The van der Waals surface area contributed by atoms with Crippen LogP contribution in [0.25, 0.3) is 28.5 Å². The van der Waals surface area contributed by atoms with Crippen LogP contribution in [-0.2, 0) is 5.75 Å². The molecule has 168 valence electrons. The van der Waals surface area contributed by atoms with Gasteiger partial charge in [0.25, 0.3) is 5.69 Å². The average Bonchev–Trinajstić information content (AvgIpc) is 3.51. The third-order valence-corrected chi connectivity index (χ3v) is 5.78. The molecule has 34 heavy (non-hydrogen) atoms. The van der Waals surface area contributed by atoms with Gasteiger partial charge in [-0.3, -0.25) is 14.7 Å². The van der Waals surface area contributed by atoms with Crippen molar-refractivity contribution in [3.63, 3.8) is 0 Å². The summed E-state index contributed by atoms with van der Waals surface area (Å²) in [5.41, 5.74) is 2.14. The first-order valence-corrected chi connectivity index (χ1v) is 11.0. The quantitative estimate of drug-likeness (QED) is 0.177. The van der Waals surface area contributed by atoms with E-state index in [1.165, 1.54) is 36.0 Å². The summed E-state index contributed by atoms with van der Waals surface area (Å²) in [6.45, 7) is 0. The molecule has 11 heteroatoms. The molecule has 9 nitrogen and oxygen atoms in total. The zero-order valence-electron chi connectivity index (χ0n) is 17.4. The van der Waals surface area contributed by atoms with E-state index in [1.807, 2.05) is 34.9 Å². The van der Waals surface area contributed by atoms with Crippen LogP contribution in [0, 0.1) is 15.9 Å². The second-order valence-electron chi connectivity index (χ2n) is 7.08. The smallest absolute Gasteiger partial charge is 0.269 e. The van der Waals surface area contributed by atoms with Crippen LogP contribution in [0.1, 0.15) is 5.89 Å². The number of rotatable bonds is 7. The molecular formula is C23H15FN6O3S. The summed E-state index contributed by atoms with van der Waals surface area (Å²) in [5, 5.41) is 28.2. The fourth-order valence-electron chi connectivity index (χ4n) is 3.24. The Bertz CT molecular complexity index is 1440. The summed E-state index contributed by atoms with van der Waals surface area (Å²) in [5.74, 6) is 1.21. The fourth-order valence-corrected chi connectivity index (χ4v) is 4.03. The second-order valence-corrected chi connectivity index (χ2v) is 8.02. The average molecular weight is 474 g/mol. The van der Waals surface area contributed by atoms with Crippen molar-refractivity contribution in [2.24, 2.45) is 0 Å². The lowest BCUT2D eigenvalue weighted by molar-refractivity contribution is -0.384. The molecule has 0 aliphatic carbocycles. The summed E-state index contributed by atoms with van der Waals surface area (Å²) in [4.78, 5) is 10.4. The van der Waals surface area contributed by atoms with E-state index in [2.05, 4.69) is 20.4 Å². The summed E-state index contributed by atoms with van der Waals surface area (Å²) in [7, 11) is 0. The molecule has 0 bridgehead atoms. The topological polar surface area (TPSA) is 113 Å². The maximum absolute atomic E-state index is 13.5. The van der Waals surface area contributed by atoms with Gasteiger partial charge >= 0.3 is 0 Å². The minimum absolute atomic E-state index is 0.0200. The number of aromatic nitrogens is 5. The minimum atomic E-state index is -0.472. The van der Waals surface area contributed by atoms with Crippen molar-refractivity contribution in [1.29, 1.82) is 0 Å². The van der Waals surface area contributed by atoms with Crippen molar-refractivity contribution < 1.29 is 13.7 Å². The molecule has 2 heterocycles. The monoisotopic (exact) mass is 474 g/mol. The molecule has 0 saturated heterocycles. The van der Waals surface area contributed by atoms with Crippen molar-refractivity contribution in [3.8, 4) is 28.5 Å². The van der Waals surface area contributed by atoms with Gasteiger partial charge in [-0.1, -0.05) is 42.1 Å². The molecule has 5 aromatic rings. The highest BCUT2D eigenvalue weighted by Gasteiger charge is 2.18. The van der Waals surface area contributed by atoms with Crippen LogP contribution in [0.2, 0.25) is 0 Å². The number of nitro groups is 1. The number of nitro benzene ring substituents is 1. The van der Waals surface area contributed by atoms with E-state index in [1.54, 1.807) is 24.3 Å². The van der Waals surface area contributed by atoms with Gasteiger partial charge in [-0.2, -0.15) is 0 Å². The van der Waals surface area contributed by atoms with Gasteiger partial charge < -0.3 is 4.42 Å². The van der Waals surface area contributed by atoms with Crippen LogP contribution in [-0.4, -0.2) is 29.9 Å². The van der Waals surface area contributed by atoms with Crippen molar-refractivity contribution >= 4 is 17.4 Å². The van der Waals surface area contributed by atoms with Crippen molar-refractivity contribution in [2.45, 2.75) is 10.9 Å². The Hall–Kier alpha value is -4.38. The van der Waals surface area contributed by atoms with Gasteiger partial charge in [0.05, 0.1) is 10.7 Å². The Morgan fingerprint density at radius 1 is 0.882 bits per heavy atom. The van der Waals surface area contributed by atoms with E-state index < -0.39 is 4.92 Å². The van der Waals surface area contributed by atoms with Gasteiger partial charge in [-0.15, -0.1) is 20.4 Å². The van der Waals surface area contributed by atoms with E-state index >= 15 is 0 Å².